The highest BCUT2D eigenvalue weighted by Gasteiger charge is 2.12. The summed E-state index contributed by atoms with van der Waals surface area (Å²) in [5, 5.41) is 5.00. The van der Waals surface area contributed by atoms with Crippen molar-refractivity contribution in [2.24, 2.45) is 0 Å². The first-order chi connectivity index (χ1) is 7.72. The van der Waals surface area contributed by atoms with Crippen LogP contribution in [0.4, 0.5) is 0 Å². The second-order valence-electron chi connectivity index (χ2n) is 4.19. The standard InChI is InChI=1S/C11H23N3O2/c1-3-4-10(2)13-11(15)9-12-14-5-7-16-8-6-14/h10,12H,3-9H2,1-2H3,(H,13,15). The van der Waals surface area contributed by atoms with Crippen molar-refractivity contribution < 1.29 is 9.53 Å². The maximum atomic E-state index is 11.5. The van der Waals surface area contributed by atoms with Crippen LogP contribution in [0.1, 0.15) is 26.7 Å². The molecule has 1 rings (SSSR count). The number of carbonyl (C=O) groups is 1. The first-order valence-electron chi connectivity index (χ1n) is 6.08. The summed E-state index contributed by atoms with van der Waals surface area (Å²) in [7, 11) is 0. The number of nitrogens with one attached hydrogen (secondary N) is 2. The fraction of sp³-hybridized carbons (Fsp3) is 0.909. The predicted octanol–water partition coefficient (Wildman–Crippen LogP) is 0.128. The molecule has 1 amide bonds. The van der Waals surface area contributed by atoms with Crippen LogP contribution in [0.15, 0.2) is 0 Å². The lowest BCUT2D eigenvalue weighted by Crippen LogP contribution is -2.50. The lowest BCUT2D eigenvalue weighted by Gasteiger charge is -2.27. The zero-order valence-electron chi connectivity index (χ0n) is 10.3. The van der Waals surface area contributed by atoms with Crippen molar-refractivity contribution in [1.82, 2.24) is 15.8 Å². The highest BCUT2D eigenvalue weighted by Crippen LogP contribution is 1.94. The van der Waals surface area contributed by atoms with E-state index in [1.165, 1.54) is 0 Å². The van der Waals surface area contributed by atoms with Crippen LogP contribution in [0.2, 0.25) is 0 Å². The summed E-state index contributed by atoms with van der Waals surface area (Å²) in [6.45, 7) is 7.68. The Morgan fingerprint density at radius 1 is 1.44 bits per heavy atom. The summed E-state index contributed by atoms with van der Waals surface area (Å²) < 4.78 is 5.22. The number of carbonyl (C=O) groups excluding carboxylic acids is 1. The molecule has 2 N–H and O–H groups in total. The Labute approximate surface area is 97.5 Å². The number of amides is 1. The minimum atomic E-state index is 0.0624. The molecule has 0 aromatic heterocycles. The van der Waals surface area contributed by atoms with E-state index in [2.05, 4.69) is 17.7 Å². The fourth-order valence-corrected chi connectivity index (χ4v) is 1.74. The first-order valence-corrected chi connectivity index (χ1v) is 6.08. The Hall–Kier alpha value is -0.650. The molecule has 0 aliphatic carbocycles. The van der Waals surface area contributed by atoms with Gasteiger partial charge in [0, 0.05) is 19.1 Å². The molecule has 0 bridgehead atoms. The van der Waals surface area contributed by atoms with E-state index in [-0.39, 0.29) is 11.9 Å². The lowest BCUT2D eigenvalue weighted by atomic mass is 10.2. The molecular formula is C11H23N3O2. The molecule has 0 aromatic carbocycles. The van der Waals surface area contributed by atoms with Gasteiger partial charge in [0.15, 0.2) is 0 Å². The normalized spacial score (nSPS) is 19.4. The molecule has 1 aliphatic heterocycles. The van der Waals surface area contributed by atoms with E-state index < -0.39 is 0 Å². The van der Waals surface area contributed by atoms with Crippen LogP contribution >= 0.6 is 0 Å². The molecule has 0 saturated carbocycles. The third-order valence-corrected chi connectivity index (χ3v) is 2.60. The molecule has 1 fully saturated rings. The van der Waals surface area contributed by atoms with E-state index in [0.717, 1.165) is 39.1 Å². The first kappa shape index (κ1) is 13.4. The van der Waals surface area contributed by atoms with Gasteiger partial charge in [-0.1, -0.05) is 13.3 Å². The van der Waals surface area contributed by atoms with Crippen LogP contribution in [0, 0.1) is 0 Å². The summed E-state index contributed by atoms with van der Waals surface area (Å²) >= 11 is 0. The van der Waals surface area contributed by atoms with Crippen molar-refractivity contribution in [2.45, 2.75) is 32.7 Å². The third kappa shape index (κ3) is 5.44. The predicted molar refractivity (Wildman–Crippen MR) is 62.9 cm³/mol. The van der Waals surface area contributed by atoms with Crippen LogP contribution < -0.4 is 10.7 Å². The van der Waals surface area contributed by atoms with Crippen molar-refractivity contribution >= 4 is 5.91 Å². The molecule has 5 heteroatoms. The lowest BCUT2D eigenvalue weighted by molar-refractivity contribution is -0.122. The van der Waals surface area contributed by atoms with Crippen LogP contribution in [0.5, 0.6) is 0 Å². The molecule has 16 heavy (non-hydrogen) atoms. The summed E-state index contributed by atoms with van der Waals surface area (Å²) in [6, 6.07) is 0.268. The Kier molecular flexibility index (Phi) is 6.37. The van der Waals surface area contributed by atoms with Gasteiger partial charge in [0.25, 0.3) is 0 Å². The van der Waals surface area contributed by atoms with Crippen molar-refractivity contribution in [3.8, 4) is 0 Å². The van der Waals surface area contributed by atoms with E-state index in [1.54, 1.807) is 0 Å². The van der Waals surface area contributed by atoms with Gasteiger partial charge in [-0.15, -0.1) is 0 Å². The van der Waals surface area contributed by atoms with Crippen molar-refractivity contribution in [2.75, 3.05) is 32.8 Å². The van der Waals surface area contributed by atoms with Gasteiger partial charge in [-0.25, -0.2) is 10.4 Å². The van der Waals surface area contributed by atoms with Crippen LogP contribution in [-0.4, -0.2) is 49.8 Å². The quantitative estimate of drug-likeness (QED) is 0.680. The topological polar surface area (TPSA) is 53.6 Å². The van der Waals surface area contributed by atoms with Gasteiger partial charge in [0.2, 0.25) is 5.91 Å². The largest absolute Gasteiger partial charge is 0.379 e. The molecule has 1 saturated heterocycles. The smallest absolute Gasteiger partial charge is 0.235 e. The minimum Gasteiger partial charge on any atom is -0.379 e. The third-order valence-electron chi connectivity index (χ3n) is 2.60. The molecule has 1 aliphatic rings. The van der Waals surface area contributed by atoms with E-state index in [1.807, 2.05) is 11.9 Å². The number of hydrogen-bond donors (Lipinski definition) is 2. The number of morpholine rings is 1. The molecule has 94 valence electrons. The van der Waals surface area contributed by atoms with Crippen LogP contribution in [-0.2, 0) is 9.53 Å². The highest BCUT2D eigenvalue weighted by atomic mass is 16.5. The zero-order chi connectivity index (χ0) is 11.8. The van der Waals surface area contributed by atoms with Gasteiger partial charge in [-0.3, -0.25) is 4.79 Å². The van der Waals surface area contributed by atoms with Gasteiger partial charge in [0.05, 0.1) is 19.8 Å². The Bertz CT molecular complexity index is 205. The second kappa shape index (κ2) is 7.60. The summed E-state index contributed by atoms with van der Waals surface area (Å²) in [5.74, 6) is 0.0624. The number of rotatable bonds is 6. The Morgan fingerprint density at radius 2 is 2.12 bits per heavy atom. The van der Waals surface area contributed by atoms with Gasteiger partial charge in [-0.2, -0.15) is 0 Å². The van der Waals surface area contributed by atoms with Gasteiger partial charge in [0.1, 0.15) is 0 Å². The fourth-order valence-electron chi connectivity index (χ4n) is 1.74. The van der Waals surface area contributed by atoms with E-state index in [9.17, 15) is 4.79 Å². The van der Waals surface area contributed by atoms with Gasteiger partial charge in [-0.05, 0) is 13.3 Å². The zero-order valence-corrected chi connectivity index (χ0v) is 10.3. The maximum absolute atomic E-state index is 11.5. The minimum absolute atomic E-state index is 0.0624. The molecule has 0 aromatic rings. The van der Waals surface area contributed by atoms with Crippen LogP contribution in [0.25, 0.3) is 0 Å². The molecule has 0 radical (unpaired) electrons. The highest BCUT2D eigenvalue weighted by molar-refractivity contribution is 5.78. The number of hydrogen-bond acceptors (Lipinski definition) is 4. The van der Waals surface area contributed by atoms with E-state index in [4.69, 9.17) is 4.74 Å². The Balaban J connectivity index is 2.09. The maximum Gasteiger partial charge on any atom is 0.235 e. The van der Waals surface area contributed by atoms with E-state index >= 15 is 0 Å². The van der Waals surface area contributed by atoms with E-state index in [0.29, 0.717) is 6.54 Å². The van der Waals surface area contributed by atoms with Gasteiger partial charge >= 0.3 is 0 Å². The van der Waals surface area contributed by atoms with Crippen molar-refractivity contribution in [3.63, 3.8) is 0 Å². The number of ether oxygens (including phenoxy) is 1. The van der Waals surface area contributed by atoms with Crippen molar-refractivity contribution in [3.05, 3.63) is 0 Å². The molecule has 1 atom stereocenters. The van der Waals surface area contributed by atoms with Gasteiger partial charge < -0.3 is 10.1 Å². The number of nitrogens with zero attached hydrogens (tertiary/aromatic N) is 1. The monoisotopic (exact) mass is 229 g/mol. The average molecular weight is 229 g/mol. The van der Waals surface area contributed by atoms with Crippen LogP contribution in [0.3, 0.4) is 0 Å². The Morgan fingerprint density at radius 3 is 2.75 bits per heavy atom. The molecule has 1 unspecified atom stereocenters. The molecule has 1 heterocycles. The van der Waals surface area contributed by atoms with Crippen molar-refractivity contribution in [1.29, 1.82) is 0 Å². The number of hydrazine groups is 1. The summed E-state index contributed by atoms with van der Waals surface area (Å²) in [4.78, 5) is 11.5. The molecule has 5 nitrogen and oxygen atoms in total. The average Bonchev–Trinajstić information content (AvgIpc) is 2.28. The SMILES string of the molecule is CCCC(C)NC(=O)CNN1CCOCC1. The molecule has 0 spiro atoms. The summed E-state index contributed by atoms with van der Waals surface area (Å²) in [5.41, 5.74) is 3.11. The second-order valence-corrected chi connectivity index (χ2v) is 4.19. The molecular weight excluding hydrogens is 206 g/mol. The summed E-state index contributed by atoms with van der Waals surface area (Å²) in [6.07, 6.45) is 2.13.